The molecular formula is C16H17N3O3S. The summed E-state index contributed by atoms with van der Waals surface area (Å²) in [5, 5.41) is 2.85. The third kappa shape index (κ3) is 3.39. The number of oxazole rings is 1. The summed E-state index contributed by atoms with van der Waals surface area (Å²) in [5.41, 5.74) is 1.58. The lowest BCUT2D eigenvalue weighted by molar-refractivity contribution is -0.136. The second-order valence-corrected chi connectivity index (χ2v) is 6.22. The molecule has 1 aliphatic rings. The SMILES string of the molecule is CC(=O)N1CSCC1C(=O)NCc1ncoc1-c1ccccc1. The number of carbonyl (C=O) groups is 2. The molecule has 3 rings (SSSR count). The molecule has 120 valence electrons. The predicted octanol–water partition coefficient (Wildman–Crippen LogP) is 1.88. The highest BCUT2D eigenvalue weighted by Crippen LogP contribution is 2.23. The van der Waals surface area contributed by atoms with Crippen molar-refractivity contribution in [2.24, 2.45) is 0 Å². The van der Waals surface area contributed by atoms with Gasteiger partial charge in [0.1, 0.15) is 11.7 Å². The summed E-state index contributed by atoms with van der Waals surface area (Å²) >= 11 is 1.58. The Hall–Kier alpha value is -2.28. The number of nitrogens with zero attached hydrogens (tertiary/aromatic N) is 2. The maximum atomic E-state index is 12.3. The van der Waals surface area contributed by atoms with Crippen molar-refractivity contribution in [3.63, 3.8) is 0 Å². The Morgan fingerprint density at radius 3 is 2.91 bits per heavy atom. The van der Waals surface area contributed by atoms with Gasteiger partial charge in [0.05, 0.1) is 12.4 Å². The molecule has 1 unspecified atom stereocenters. The van der Waals surface area contributed by atoms with Gasteiger partial charge in [-0.2, -0.15) is 0 Å². The first-order valence-corrected chi connectivity index (χ1v) is 8.42. The van der Waals surface area contributed by atoms with Gasteiger partial charge in [-0.05, 0) is 0 Å². The zero-order valence-electron chi connectivity index (χ0n) is 12.7. The average molecular weight is 331 g/mol. The molecule has 0 aliphatic carbocycles. The number of hydrogen-bond acceptors (Lipinski definition) is 5. The number of nitrogens with one attached hydrogen (secondary N) is 1. The number of amides is 2. The number of thioether (sulfide) groups is 1. The van der Waals surface area contributed by atoms with Crippen LogP contribution >= 0.6 is 11.8 Å². The Bertz CT molecular complexity index is 702. The molecule has 7 heteroatoms. The Kier molecular flexibility index (Phi) is 4.66. The molecular weight excluding hydrogens is 314 g/mol. The van der Waals surface area contributed by atoms with Crippen LogP contribution in [0.15, 0.2) is 41.1 Å². The summed E-state index contributed by atoms with van der Waals surface area (Å²) in [4.78, 5) is 29.6. The number of benzene rings is 1. The maximum absolute atomic E-state index is 12.3. The molecule has 2 heterocycles. The highest BCUT2D eigenvalue weighted by molar-refractivity contribution is 7.99. The summed E-state index contributed by atoms with van der Waals surface area (Å²) < 4.78 is 5.44. The highest BCUT2D eigenvalue weighted by Gasteiger charge is 2.32. The van der Waals surface area contributed by atoms with Crippen molar-refractivity contribution in [3.8, 4) is 11.3 Å². The van der Waals surface area contributed by atoms with Crippen molar-refractivity contribution in [2.45, 2.75) is 19.5 Å². The fourth-order valence-electron chi connectivity index (χ4n) is 2.48. The molecule has 2 amide bonds. The zero-order chi connectivity index (χ0) is 16.2. The van der Waals surface area contributed by atoms with Crippen LogP contribution in [0.5, 0.6) is 0 Å². The van der Waals surface area contributed by atoms with E-state index in [9.17, 15) is 9.59 Å². The summed E-state index contributed by atoms with van der Waals surface area (Å²) in [6.45, 7) is 1.75. The second-order valence-electron chi connectivity index (χ2n) is 5.22. The quantitative estimate of drug-likeness (QED) is 0.926. The van der Waals surface area contributed by atoms with Gasteiger partial charge in [0.15, 0.2) is 12.2 Å². The van der Waals surface area contributed by atoms with Crippen LogP contribution < -0.4 is 5.32 Å². The number of hydrogen-bond donors (Lipinski definition) is 1. The van der Waals surface area contributed by atoms with Gasteiger partial charge in [-0.3, -0.25) is 9.59 Å². The van der Waals surface area contributed by atoms with E-state index in [4.69, 9.17) is 4.42 Å². The third-order valence-corrected chi connectivity index (χ3v) is 4.71. The summed E-state index contributed by atoms with van der Waals surface area (Å²) in [5.74, 6) is 1.59. The molecule has 1 aliphatic heterocycles. The summed E-state index contributed by atoms with van der Waals surface area (Å²) in [7, 11) is 0. The van der Waals surface area contributed by atoms with E-state index in [2.05, 4.69) is 10.3 Å². The van der Waals surface area contributed by atoms with Gasteiger partial charge in [0, 0.05) is 18.2 Å². The van der Waals surface area contributed by atoms with E-state index >= 15 is 0 Å². The van der Waals surface area contributed by atoms with Gasteiger partial charge in [-0.1, -0.05) is 30.3 Å². The minimum absolute atomic E-state index is 0.0819. The molecule has 23 heavy (non-hydrogen) atoms. The topological polar surface area (TPSA) is 75.4 Å². The van der Waals surface area contributed by atoms with Gasteiger partial charge in [-0.15, -0.1) is 11.8 Å². The molecule has 1 atom stereocenters. The first kappa shape index (κ1) is 15.6. The van der Waals surface area contributed by atoms with Crippen LogP contribution in [0.3, 0.4) is 0 Å². The molecule has 0 bridgehead atoms. The Labute approximate surface area is 138 Å². The van der Waals surface area contributed by atoms with Gasteiger partial charge >= 0.3 is 0 Å². The third-order valence-electron chi connectivity index (χ3n) is 3.70. The van der Waals surface area contributed by atoms with Crippen LogP contribution in [0.25, 0.3) is 11.3 Å². The normalized spacial score (nSPS) is 17.3. The predicted molar refractivity (Wildman–Crippen MR) is 87.4 cm³/mol. The minimum atomic E-state index is -0.412. The maximum Gasteiger partial charge on any atom is 0.244 e. The second kappa shape index (κ2) is 6.87. The van der Waals surface area contributed by atoms with E-state index in [1.807, 2.05) is 30.3 Å². The Morgan fingerprint density at radius 2 is 2.17 bits per heavy atom. The van der Waals surface area contributed by atoms with Gasteiger partial charge in [0.2, 0.25) is 11.8 Å². The molecule has 2 aromatic rings. The molecule has 1 saturated heterocycles. The van der Waals surface area contributed by atoms with E-state index < -0.39 is 6.04 Å². The van der Waals surface area contributed by atoms with Crippen LogP contribution in [-0.2, 0) is 16.1 Å². The van der Waals surface area contributed by atoms with E-state index in [0.717, 1.165) is 5.56 Å². The molecule has 6 nitrogen and oxygen atoms in total. The summed E-state index contributed by atoms with van der Waals surface area (Å²) in [6.07, 6.45) is 1.37. The van der Waals surface area contributed by atoms with E-state index in [0.29, 0.717) is 23.1 Å². The fourth-order valence-corrected chi connectivity index (χ4v) is 3.70. The molecule has 0 radical (unpaired) electrons. The van der Waals surface area contributed by atoms with Crippen LogP contribution in [0, 0.1) is 0 Å². The number of carbonyl (C=O) groups excluding carboxylic acids is 2. The van der Waals surface area contributed by atoms with Crippen molar-refractivity contribution in [1.29, 1.82) is 0 Å². The monoisotopic (exact) mass is 331 g/mol. The fraction of sp³-hybridized carbons (Fsp3) is 0.312. The standard InChI is InChI=1S/C16H17N3O3S/c1-11(20)19-10-23-8-14(19)16(21)17-7-13-15(22-9-18-13)12-5-3-2-4-6-12/h2-6,9,14H,7-8,10H2,1H3,(H,17,21). The van der Waals surface area contributed by atoms with Crippen LogP contribution in [-0.4, -0.2) is 39.4 Å². The number of rotatable bonds is 4. The van der Waals surface area contributed by atoms with Crippen molar-refractivity contribution < 1.29 is 14.0 Å². The van der Waals surface area contributed by atoms with Crippen molar-refractivity contribution in [3.05, 3.63) is 42.4 Å². The Morgan fingerprint density at radius 1 is 1.39 bits per heavy atom. The highest BCUT2D eigenvalue weighted by atomic mass is 32.2. The van der Waals surface area contributed by atoms with E-state index in [1.54, 1.807) is 16.7 Å². The van der Waals surface area contributed by atoms with Gasteiger partial charge < -0.3 is 14.6 Å². The van der Waals surface area contributed by atoms with E-state index in [1.165, 1.54) is 13.3 Å². The first-order chi connectivity index (χ1) is 11.2. The average Bonchev–Trinajstić information content (AvgIpc) is 3.22. The van der Waals surface area contributed by atoms with Crippen molar-refractivity contribution in [2.75, 3.05) is 11.6 Å². The number of aromatic nitrogens is 1. The first-order valence-electron chi connectivity index (χ1n) is 7.27. The van der Waals surface area contributed by atoms with Gasteiger partial charge in [0.25, 0.3) is 0 Å². The molecule has 1 N–H and O–H groups in total. The molecule has 1 aromatic heterocycles. The molecule has 1 aromatic carbocycles. The van der Waals surface area contributed by atoms with Crippen molar-refractivity contribution in [1.82, 2.24) is 15.2 Å². The minimum Gasteiger partial charge on any atom is -0.443 e. The zero-order valence-corrected chi connectivity index (χ0v) is 13.5. The Balaban J connectivity index is 1.66. The lowest BCUT2D eigenvalue weighted by atomic mass is 10.1. The van der Waals surface area contributed by atoms with Crippen LogP contribution in [0.4, 0.5) is 0 Å². The smallest absolute Gasteiger partial charge is 0.244 e. The van der Waals surface area contributed by atoms with Crippen molar-refractivity contribution >= 4 is 23.6 Å². The summed E-state index contributed by atoms with van der Waals surface area (Å²) in [6, 6.07) is 9.20. The van der Waals surface area contributed by atoms with Gasteiger partial charge in [-0.25, -0.2) is 4.98 Å². The largest absolute Gasteiger partial charge is 0.443 e. The molecule has 0 spiro atoms. The van der Waals surface area contributed by atoms with E-state index in [-0.39, 0.29) is 18.4 Å². The van der Waals surface area contributed by atoms with Crippen LogP contribution in [0.1, 0.15) is 12.6 Å². The molecule has 1 fully saturated rings. The lowest BCUT2D eigenvalue weighted by Gasteiger charge is -2.21. The van der Waals surface area contributed by atoms with Crippen LogP contribution in [0.2, 0.25) is 0 Å². The lowest BCUT2D eigenvalue weighted by Crippen LogP contribution is -2.46. The molecule has 0 saturated carbocycles.